The van der Waals surface area contributed by atoms with Gasteiger partial charge in [-0.3, -0.25) is 9.59 Å². The fourth-order valence-corrected chi connectivity index (χ4v) is 2.56. The molecule has 1 aliphatic rings. The van der Waals surface area contributed by atoms with Crippen molar-refractivity contribution in [1.82, 2.24) is 9.47 Å². The number of carbonyl (C=O) groups excluding carboxylic acids is 1. The highest BCUT2D eigenvalue weighted by molar-refractivity contribution is 5.76. The molecule has 0 bridgehead atoms. The van der Waals surface area contributed by atoms with E-state index < -0.39 is 0 Å². The second kappa shape index (κ2) is 6.18. The van der Waals surface area contributed by atoms with Crippen molar-refractivity contribution in [2.24, 2.45) is 0 Å². The van der Waals surface area contributed by atoms with Crippen molar-refractivity contribution in [1.29, 1.82) is 0 Å². The first-order chi connectivity index (χ1) is 10.6. The Hall–Kier alpha value is -2.36. The minimum absolute atomic E-state index is 0.0114. The van der Waals surface area contributed by atoms with Crippen LogP contribution in [0, 0.1) is 6.92 Å². The molecule has 0 unspecified atom stereocenters. The third-order valence-electron chi connectivity index (χ3n) is 3.96. The SMILES string of the molecule is Cc1ccn(CC(=O)N(Cc2ccccc2)C2CC2)c(=O)c1. The van der Waals surface area contributed by atoms with Crippen LogP contribution in [0.4, 0.5) is 0 Å². The van der Waals surface area contributed by atoms with Crippen LogP contribution in [0.2, 0.25) is 0 Å². The van der Waals surface area contributed by atoms with Gasteiger partial charge in [-0.2, -0.15) is 0 Å². The summed E-state index contributed by atoms with van der Waals surface area (Å²) in [6.07, 6.45) is 3.81. The van der Waals surface area contributed by atoms with E-state index in [1.54, 1.807) is 12.3 Å². The predicted molar refractivity (Wildman–Crippen MR) is 85.5 cm³/mol. The van der Waals surface area contributed by atoms with E-state index in [9.17, 15) is 9.59 Å². The van der Waals surface area contributed by atoms with Gasteiger partial charge in [-0.1, -0.05) is 30.3 Å². The number of aryl methyl sites for hydroxylation is 1. The summed E-state index contributed by atoms with van der Waals surface area (Å²) in [4.78, 5) is 26.4. The molecule has 1 aromatic carbocycles. The van der Waals surface area contributed by atoms with Crippen molar-refractivity contribution in [2.75, 3.05) is 0 Å². The fraction of sp³-hybridized carbons (Fsp3) is 0.333. The fourth-order valence-electron chi connectivity index (χ4n) is 2.56. The highest BCUT2D eigenvalue weighted by Crippen LogP contribution is 2.28. The molecule has 0 spiro atoms. The van der Waals surface area contributed by atoms with Gasteiger partial charge >= 0.3 is 0 Å². The Bertz CT molecular complexity index is 717. The van der Waals surface area contributed by atoms with Crippen LogP contribution >= 0.6 is 0 Å². The first kappa shape index (κ1) is 14.6. The summed E-state index contributed by atoms with van der Waals surface area (Å²) in [5.41, 5.74) is 1.92. The zero-order valence-electron chi connectivity index (χ0n) is 12.7. The van der Waals surface area contributed by atoms with Crippen LogP contribution in [0.15, 0.2) is 53.5 Å². The van der Waals surface area contributed by atoms with Crippen molar-refractivity contribution in [3.63, 3.8) is 0 Å². The number of hydrogen-bond donors (Lipinski definition) is 0. The molecule has 4 nitrogen and oxygen atoms in total. The molecule has 114 valence electrons. The second-order valence-corrected chi connectivity index (χ2v) is 5.91. The van der Waals surface area contributed by atoms with Gasteiger partial charge in [0.25, 0.3) is 5.56 Å². The summed E-state index contributed by atoms with van der Waals surface area (Å²) in [6.45, 7) is 2.60. The Morgan fingerprint density at radius 3 is 2.59 bits per heavy atom. The summed E-state index contributed by atoms with van der Waals surface area (Å²) in [6, 6.07) is 13.7. The maximum absolute atomic E-state index is 12.6. The molecule has 1 aliphatic carbocycles. The average Bonchev–Trinajstić information content (AvgIpc) is 3.33. The minimum atomic E-state index is -0.121. The Morgan fingerprint density at radius 2 is 1.95 bits per heavy atom. The standard InChI is InChI=1S/C18H20N2O2/c1-14-9-10-19(17(21)11-14)13-18(22)20(16-7-8-16)12-15-5-3-2-4-6-15/h2-6,9-11,16H,7-8,12-13H2,1H3. The Morgan fingerprint density at radius 1 is 1.23 bits per heavy atom. The molecule has 0 saturated heterocycles. The molecule has 2 aromatic rings. The van der Waals surface area contributed by atoms with Gasteiger partial charge in [0.15, 0.2) is 0 Å². The molecule has 0 atom stereocenters. The van der Waals surface area contributed by atoms with Crippen molar-refractivity contribution >= 4 is 5.91 Å². The number of pyridine rings is 1. The predicted octanol–water partition coefficient (Wildman–Crippen LogP) is 2.35. The lowest BCUT2D eigenvalue weighted by atomic mass is 10.2. The minimum Gasteiger partial charge on any atom is -0.334 e. The van der Waals surface area contributed by atoms with Crippen LogP contribution in [0.3, 0.4) is 0 Å². The maximum atomic E-state index is 12.6. The van der Waals surface area contributed by atoms with Gasteiger partial charge in [-0.05, 0) is 37.0 Å². The molecule has 1 heterocycles. The molecule has 4 heteroatoms. The highest BCUT2D eigenvalue weighted by Gasteiger charge is 2.32. The Kier molecular flexibility index (Phi) is 4.09. The molecular weight excluding hydrogens is 276 g/mol. The van der Waals surface area contributed by atoms with Crippen LogP contribution in [-0.2, 0) is 17.9 Å². The number of aromatic nitrogens is 1. The van der Waals surface area contributed by atoms with Crippen molar-refractivity contribution < 1.29 is 4.79 Å². The summed E-state index contributed by atoms with van der Waals surface area (Å²) in [5.74, 6) is 0.0114. The molecule has 3 rings (SSSR count). The average molecular weight is 296 g/mol. The second-order valence-electron chi connectivity index (χ2n) is 5.91. The summed E-state index contributed by atoms with van der Waals surface area (Å²) >= 11 is 0. The number of amides is 1. The molecule has 1 amide bonds. The molecular formula is C18H20N2O2. The third-order valence-corrected chi connectivity index (χ3v) is 3.96. The quantitative estimate of drug-likeness (QED) is 0.850. The van der Waals surface area contributed by atoms with Crippen LogP contribution in [-0.4, -0.2) is 21.4 Å². The smallest absolute Gasteiger partial charge is 0.251 e. The van der Waals surface area contributed by atoms with E-state index in [0.717, 1.165) is 24.0 Å². The topological polar surface area (TPSA) is 42.3 Å². The van der Waals surface area contributed by atoms with Gasteiger partial charge in [-0.25, -0.2) is 0 Å². The zero-order valence-corrected chi connectivity index (χ0v) is 12.7. The van der Waals surface area contributed by atoms with Crippen molar-refractivity contribution in [3.8, 4) is 0 Å². The van der Waals surface area contributed by atoms with Crippen LogP contribution in [0.1, 0.15) is 24.0 Å². The lowest BCUT2D eigenvalue weighted by Crippen LogP contribution is -2.37. The van der Waals surface area contributed by atoms with E-state index in [2.05, 4.69) is 0 Å². The van der Waals surface area contributed by atoms with Gasteiger partial charge in [0, 0.05) is 24.8 Å². The van der Waals surface area contributed by atoms with E-state index in [0.29, 0.717) is 12.6 Å². The van der Waals surface area contributed by atoms with Gasteiger partial charge < -0.3 is 9.47 Å². The van der Waals surface area contributed by atoms with Crippen molar-refractivity contribution in [2.45, 2.75) is 38.9 Å². The summed E-state index contributed by atoms with van der Waals surface area (Å²) in [5, 5.41) is 0. The number of hydrogen-bond acceptors (Lipinski definition) is 2. The number of nitrogens with zero attached hydrogens (tertiary/aromatic N) is 2. The first-order valence-corrected chi connectivity index (χ1v) is 7.64. The normalized spacial score (nSPS) is 13.9. The molecule has 1 saturated carbocycles. The molecule has 0 radical (unpaired) electrons. The van der Waals surface area contributed by atoms with Crippen molar-refractivity contribution in [3.05, 3.63) is 70.1 Å². The van der Waals surface area contributed by atoms with Crippen LogP contribution < -0.4 is 5.56 Å². The lowest BCUT2D eigenvalue weighted by Gasteiger charge is -2.23. The van der Waals surface area contributed by atoms with Gasteiger partial charge in [0.1, 0.15) is 6.54 Å². The maximum Gasteiger partial charge on any atom is 0.251 e. The van der Waals surface area contributed by atoms with E-state index in [1.807, 2.05) is 48.2 Å². The van der Waals surface area contributed by atoms with Gasteiger partial charge in [0.2, 0.25) is 5.91 Å². The van der Waals surface area contributed by atoms with Crippen LogP contribution in [0.5, 0.6) is 0 Å². The first-order valence-electron chi connectivity index (χ1n) is 7.64. The molecule has 0 aliphatic heterocycles. The third kappa shape index (κ3) is 3.45. The Labute approximate surface area is 130 Å². The van der Waals surface area contributed by atoms with Gasteiger partial charge in [-0.15, -0.1) is 0 Å². The molecule has 22 heavy (non-hydrogen) atoms. The largest absolute Gasteiger partial charge is 0.334 e. The van der Waals surface area contributed by atoms with Gasteiger partial charge in [0.05, 0.1) is 0 Å². The number of rotatable bonds is 5. The molecule has 1 fully saturated rings. The Balaban J connectivity index is 1.74. The number of carbonyl (C=O) groups is 1. The summed E-state index contributed by atoms with van der Waals surface area (Å²) in [7, 11) is 0. The highest BCUT2D eigenvalue weighted by atomic mass is 16.2. The van der Waals surface area contributed by atoms with E-state index in [-0.39, 0.29) is 18.0 Å². The number of benzene rings is 1. The van der Waals surface area contributed by atoms with E-state index >= 15 is 0 Å². The van der Waals surface area contributed by atoms with Crippen LogP contribution in [0.25, 0.3) is 0 Å². The van der Waals surface area contributed by atoms with E-state index in [1.165, 1.54) is 4.57 Å². The van der Waals surface area contributed by atoms with E-state index in [4.69, 9.17) is 0 Å². The molecule has 0 N–H and O–H groups in total. The monoisotopic (exact) mass is 296 g/mol. The lowest BCUT2D eigenvalue weighted by molar-refractivity contribution is -0.133. The molecule has 1 aromatic heterocycles. The zero-order chi connectivity index (χ0) is 15.5. The summed E-state index contributed by atoms with van der Waals surface area (Å²) < 4.78 is 1.48.